The van der Waals surface area contributed by atoms with Crippen LogP contribution in [0.3, 0.4) is 0 Å². The van der Waals surface area contributed by atoms with Gasteiger partial charge in [0.15, 0.2) is 0 Å². The van der Waals surface area contributed by atoms with E-state index in [0.717, 1.165) is 42.9 Å². The van der Waals surface area contributed by atoms with E-state index in [1.807, 2.05) is 13.8 Å². The molecule has 4 aliphatic rings. The fraction of sp³-hybridized carbons (Fsp3) is 0.931. The molecule has 7 unspecified atom stereocenters. The quantitative estimate of drug-likeness (QED) is 0.451. The smallest absolute Gasteiger partial charge is 0.0588 e. The van der Waals surface area contributed by atoms with E-state index in [1.54, 1.807) is 5.57 Å². The second kappa shape index (κ2) is 9.49. The molecule has 3 fully saturated rings. The van der Waals surface area contributed by atoms with Crippen molar-refractivity contribution in [2.75, 3.05) is 0 Å². The molecule has 0 aromatic carbocycles. The van der Waals surface area contributed by atoms with E-state index in [-0.39, 0.29) is 17.6 Å². The Morgan fingerprint density at radius 2 is 1.74 bits per heavy atom. The summed E-state index contributed by atoms with van der Waals surface area (Å²) >= 11 is 0. The molecule has 0 saturated heterocycles. The van der Waals surface area contributed by atoms with Gasteiger partial charge >= 0.3 is 0 Å². The van der Waals surface area contributed by atoms with E-state index in [9.17, 15) is 10.2 Å². The summed E-state index contributed by atoms with van der Waals surface area (Å²) in [6.45, 7) is 15.6. The van der Waals surface area contributed by atoms with Crippen LogP contribution in [-0.2, 0) is 0 Å². The van der Waals surface area contributed by atoms with Crippen molar-refractivity contribution in [3.05, 3.63) is 11.6 Å². The Morgan fingerprint density at radius 3 is 2.42 bits per heavy atom. The van der Waals surface area contributed by atoms with Crippen LogP contribution in [0.15, 0.2) is 11.6 Å². The Labute approximate surface area is 193 Å². The Balaban J connectivity index is 0.00000132. The first kappa shape index (κ1) is 25.3. The van der Waals surface area contributed by atoms with E-state index in [2.05, 4.69) is 40.7 Å². The van der Waals surface area contributed by atoms with Crippen molar-refractivity contribution in [1.82, 2.24) is 0 Å². The molecule has 4 aliphatic carbocycles. The Hall–Kier alpha value is -0.340. The molecule has 0 radical (unpaired) electrons. The van der Waals surface area contributed by atoms with E-state index >= 15 is 0 Å². The number of hydrogen-bond donors (Lipinski definition) is 2. The maximum atomic E-state index is 10.4. The maximum Gasteiger partial charge on any atom is 0.0588 e. The van der Waals surface area contributed by atoms with E-state index < -0.39 is 0 Å². The summed E-state index contributed by atoms with van der Waals surface area (Å²) in [7, 11) is 0. The number of aliphatic hydroxyl groups excluding tert-OH is 2. The number of aliphatic hydroxyl groups is 2. The molecule has 3 saturated carbocycles. The average Bonchev–Trinajstić information content (AvgIpc) is 3.06. The van der Waals surface area contributed by atoms with Crippen LogP contribution < -0.4 is 0 Å². The maximum absolute atomic E-state index is 10.4. The lowest BCUT2D eigenvalue weighted by Crippen LogP contribution is -2.50. The minimum Gasteiger partial charge on any atom is -0.393 e. The third kappa shape index (κ3) is 4.68. The topological polar surface area (TPSA) is 40.5 Å². The van der Waals surface area contributed by atoms with Gasteiger partial charge in [0.1, 0.15) is 0 Å². The molecule has 31 heavy (non-hydrogen) atoms. The van der Waals surface area contributed by atoms with Crippen LogP contribution in [0.1, 0.15) is 119 Å². The Kier molecular flexibility index (Phi) is 7.74. The molecule has 0 amide bonds. The molecular weight excluding hydrogens is 380 g/mol. The zero-order valence-electron chi connectivity index (χ0n) is 21.7. The molecule has 2 heteroatoms. The van der Waals surface area contributed by atoms with Crippen molar-refractivity contribution in [3.63, 3.8) is 0 Å². The van der Waals surface area contributed by atoms with Crippen molar-refractivity contribution in [2.45, 2.75) is 131 Å². The minimum absolute atomic E-state index is 0.00926. The predicted molar refractivity (Wildman–Crippen MR) is 132 cm³/mol. The Bertz CT molecular complexity index is 631. The fourth-order valence-electron chi connectivity index (χ4n) is 8.22. The molecule has 2 N–H and O–H groups in total. The lowest BCUT2D eigenvalue weighted by Gasteiger charge is -2.58. The van der Waals surface area contributed by atoms with Gasteiger partial charge in [-0.2, -0.15) is 0 Å². The summed E-state index contributed by atoms with van der Waals surface area (Å²) in [5.74, 6) is 3.45. The molecule has 0 heterocycles. The molecule has 0 bridgehead atoms. The van der Waals surface area contributed by atoms with Crippen molar-refractivity contribution in [3.8, 4) is 0 Å². The van der Waals surface area contributed by atoms with Gasteiger partial charge in [-0.15, -0.1) is 0 Å². The third-order valence-corrected chi connectivity index (χ3v) is 10.3. The fourth-order valence-corrected chi connectivity index (χ4v) is 8.22. The molecule has 2 nitrogen and oxygen atoms in total. The molecule has 0 spiro atoms. The summed E-state index contributed by atoms with van der Waals surface area (Å²) in [4.78, 5) is 0. The highest BCUT2D eigenvalue weighted by Crippen LogP contribution is 2.66. The number of rotatable bonds is 4. The van der Waals surface area contributed by atoms with Gasteiger partial charge < -0.3 is 10.2 Å². The largest absolute Gasteiger partial charge is 0.393 e. The molecule has 8 atom stereocenters. The van der Waals surface area contributed by atoms with Crippen LogP contribution in [0.5, 0.6) is 0 Å². The lowest BCUT2D eigenvalue weighted by molar-refractivity contribution is -0.0514. The lowest BCUT2D eigenvalue weighted by atomic mass is 9.47. The number of hydrogen-bond acceptors (Lipinski definition) is 2. The monoisotopic (exact) mass is 432 g/mol. The summed E-state index contributed by atoms with van der Waals surface area (Å²) < 4.78 is 0. The van der Waals surface area contributed by atoms with Gasteiger partial charge in [0, 0.05) is 0 Å². The standard InChI is InChI=1S/C27H46O2.C2H6/c1-25(2,3)24(29)8-6-7-18-10-12-22-21-11-9-19-17-20(28)13-15-27(19,5)23(21)14-16-26(18,22)4;1-2/h9,18,20-24,28-29H,6-8,10-17H2,1-5H3;1-2H3/t18-,20?,21?,22?,23?,24?,26?,27?;/m0./s1. The van der Waals surface area contributed by atoms with Crippen LogP contribution in [-0.4, -0.2) is 22.4 Å². The van der Waals surface area contributed by atoms with Crippen LogP contribution in [0.2, 0.25) is 0 Å². The van der Waals surface area contributed by atoms with Crippen LogP contribution in [0.25, 0.3) is 0 Å². The molecule has 0 aliphatic heterocycles. The second-order valence-electron chi connectivity index (χ2n) is 12.8. The highest BCUT2D eigenvalue weighted by atomic mass is 16.3. The van der Waals surface area contributed by atoms with Crippen LogP contribution in [0.4, 0.5) is 0 Å². The number of fused-ring (bicyclic) bond motifs is 5. The highest BCUT2D eigenvalue weighted by Gasteiger charge is 2.58. The minimum atomic E-state index is -0.174. The predicted octanol–water partition coefficient (Wildman–Crippen LogP) is 7.53. The SMILES string of the molecule is CC.CC(C)(C)C(O)CCC[C@H]1CCC2C3CC=C4CC(O)CCC4(C)C3CCC21C. The molecule has 0 aromatic rings. The van der Waals surface area contributed by atoms with Crippen LogP contribution >= 0.6 is 0 Å². The van der Waals surface area contributed by atoms with Gasteiger partial charge in [-0.1, -0.05) is 66.5 Å². The summed E-state index contributed by atoms with van der Waals surface area (Å²) in [5.41, 5.74) is 2.48. The van der Waals surface area contributed by atoms with Crippen molar-refractivity contribution in [2.24, 2.45) is 39.9 Å². The van der Waals surface area contributed by atoms with E-state index in [0.29, 0.717) is 10.8 Å². The molecule has 180 valence electrons. The van der Waals surface area contributed by atoms with E-state index in [4.69, 9.17) is 0 Å². The van der Waals surface area contributed by atoms with Gasteiger partial charge in [0.2, 0.25) is 0 Å². The van der Waals surface area contributed by atoms with Crippen LogP contribution in [0, 0.1) is 39.9 Å². The van der Waals surface area contributed by atoms with Crippen molar-refractivity contribution in [1.29, 1.82) is 0 Å². The van der Waals surface area contributed by atoms with Gasteiger partial charge in [0.05, 0.1) is 12.2 Å². The normalized spacial score (nSPS) is 43.0. The van der Waals surface area contributed by atoms with Gasteiger partial charge in [-0.25, -0.2) is 0 Å². The zero-order valence-corrected chi connectivity index (χ0v) is 21.7. The average molecular weight is 433 g/mol. The Morgan fingerprint density at radius 1 is 1.03 bits per heavy atom. The zero-order chi connectivity index (χ0) is 23.0. The molecule has 0 aromatic heterocycles. The van der Waals surface area contributed by atoms with E-state index in [1.165, 1.54) is 51.4 Å². The first-order chi connectivity index (χ1) is 14.6. The van der Waals surface area contributed by atoms with Gasteiger partial charge in [0.25, 0.3) is 0 Å². The van der Waals surface area contributed by atoms with Crippen molar-refractivity contribution < 1.29 is 10.2 Å². The summed E-state index contributed by atoms with van der Waals surface area (Å²) in [6, 6.07) is 0. The van der Waals surface area contributed by atoms with Crippen molar-refractivity contribution >= 4 is 0 Å². The number of allylic oxidation sites excluding steroid dienone is 1. The third-order valence-electron chi connectivity index (χ3n) is 10.3. The van der Waals surface area contributed by atoms with Gasteiger partial charge in [-0.05, 0) is 104 Å². The summed E-state index contributed by atoms with van der Waals surface area (Å²) in [5, 5.41) is 20.6. The first-order valence-corrected chi connectivity index (χ1v) is 13.6. The summed E-state index contributed by atoms with van der Waals surface area (Å²) in [6.07, 6.45) is 15.7. The van der Waals surface area contributed by atoms with Gasteiger partial charge in [-0.3, -0.25) is 0 Å². The first-order valence-electron chi connectivity index (χ1n) is 13.6. The highest BCUT2D eigenvalue weighted by molar-refractivity contribution is 5.25. The molecular formula is C29H52O2. The second-order valence-corrected chi connectivity index (χ2v) is 12.8. The molecule has 4 rings (SSSR count).